The summed E-state index contributed by atoms with van der Waals surface area (Å²) < 4.78 is 15.7. The first-order chi connectivity index (χ1) is 18.1. The van der Waals surface area contributed by atoms with E-state index in [1.807, 2.05) is 18.5 Å². The van der Waals surface area contributed by atoms with Crippen LogP contribution in [0.4, 0.5) is 9.59 Å². The zero-order chi connectivity index (χ0) is 27.1. The summed E-state index contributed by atoms with van der Waals surface area (Å²) in [5.74, 6) is 1.91. The predicted molar refractivity (Wildman–Crippen MR) is 143 cm³/mol. The number of carbonyl (C=O) groups excluding carboxylic acids is 1. The second kappa shape index (κ2) is 10.4. The lowest BCUT2D eigenvalue weighted by atomic mass is 9.46. The second-order valence-corrected chi connectivity index (χ2v) is 12.5. The normalized spacial score (nSPS) is 34.7. The Kier molecular flexibility index (Phi) is 7.31. The van der Waals surface area contributed by atoms with Crippen LogP contribution in [-0.2, 0) is 14.2 Å². The van der Waals surface area contributed by atoms with Crippen molar-refractivity contribution in [1.82, 2.24) is 4.98 Å². The molecule has 0 radical (unpaired) electrons. The Bertz CT molecular complexity index is 1110. The van der Waals surface area contributed by atoms with Crippen molar-refractivity contribution in [1.29, 1.82) is 0 Å². The van der Waals surface area contributed by atoms with Gasteiger partial charge in [0.05, 0.1) is 6.10 Å². The van der Waals surface area contributed by atoms with Gasteiger partial charge in [-0.3, -0.25) is 4.98 Å². The first-order valence-corrected chi connectivity index (χ1v) is 14.2. The van der Waals surface area contributed by atoms with Crippen LogP contribution in [0.15, 0.2) is 42.3 Å². The van der Waals surface area contributed by atoms with Gasteiger partial charge in [0, 0.05) is 18.3 Å². The Morgan fingerprint density at radius 1 is 1.08 bits per heavy atom. The third-order valence-electron chi connectivity index (χ3n) is 10.2. The summed E-state index contributed by atoms with van der Waals surface area (Å²) >= 11 is 0. The Labute approximate surface area is 225 Å². The van der Waals surface area contributed by atoms with Crippen LogP contribution in [0.1, 0.15) is 78.2 Å². The lowest BCUT2D eigenvalue weighted by Crippen LogP contribution is -2.50. The van der Waals surface area contributed by atoms with Gasteiger partial charge in [-0.25, -0.2) is 9.59 Å². The molecule has 0 saturated heterocycles. The molecule has 1 unspecified atom stereocenters. The number of nitrogens with zero attached hydrogens (tertiary/aromatic N) is 1. The highest BCUT2D eigenvalue weighted by Crippen LogP contribution is 2.66. The minimum absolute atomic E-state index is 0.00382. The average molecular weight is 524 g/mol. The first-order valence-electron chi connectivity index (χ1n) is 14.2. The van der Waals surface area contributed by atoms with Crippen molar-refractivity contribution in [3.8, 4) is 0 Å². The molecular formula is C31H41NO6. The van der Waals surface area contributed by atoms with E-state index in [-0.39, 0.29) is 29.5 Å². The van der Waals surface area contributed by atoms with Crippen molar-refractivity contribution in [2.75, 3.05) is 6.61 Å². The van der Waals surface area contributed by atoms with Crippen LogP contribution >= 0.6 is 0 Å². The summed E-state index contributed by atoms with van der Waals surface area (Å²) in [6.07, 6.45) is 12.9. The zero-order valence-electron chi connectivity index (χ0n) is 23.0. The Hall–Kier alpha value is -2.83. The fraction of sp³-hybridized carbons (Fsp3) is 0.645. The van der Waals surface area contributed by atoms with Crippen molar-refractivity contribution in [3.05, 3.63) is 47.8 Å². The molecule has 1 heterocycles. The quantitative estimate of drug-likeness (QED) is 0.309. The fourth-order valence-electron chi connectivity index (χ4n) is 8.31. The van der Waals surface area contributed by atoms with Gasteiger partial charge in [-0.05, 0) is 105 Å². The van der Waals surface area contributed by atoms with Gasteiger partial charge in [0.25, 0.3) is 0 Å². The van der Waals surface area contributed by atoms with Crippen molar-refractivity contribution >= 4 is 17.9 Å². The molecule has 7 heteroatoms. The minimum atomic E-state index is -1.36. The topological polar surface area (TPSA) is 95.0 Å². The van der Waals surface area contributed by atoms with Crippen molar-refractivity contribution in [2.45, 2.75) is 84.8 Å². The molecule has 0 aliphatic heterocycles. The lowest BCUT2D eigenvalue weighted by molar-refractivity contribution is -0.0579. The SMILES string of the molecule is CC(C)OC(=O)OC(COC(=O)O)[C@H]1CC[C@@]2(C)C(=CC[C@@H]3[C@@H]2CC[C@]2(C)C(c4cccnc4)=CC[C@@H]32)C1. The maximum Gasteiger partial charge on any atom is 0.508 e. The third kappa shape index (κ3) is 4.85. The molecule has 1 aromatic rings. The molecule has 2 fully saturated rings. The van der Waals surface area contributed by atoms with Gasteiger partial charge < -0.3 is 19.3 Å². The molecule has 2 saturated carbocycles. The molecule has 0 bridgehead atoms. The maximum atomic E-state index is 12.3. The number of pyridine rings is 1. The van der Waals surface area contributed by atoms with E-state index < -0.39 is 18.4 Å². The molecule has 4 aliphatic rings. The molecule has 0 amide bonds. The number of aromatic nitrogens is 1. The number of ether oxygens (including phenoxy) is 3. The highest BCUT2D eigenvalue weighted by atomic mass is 16.7. The highest BCUT2D eigenvalue weighted by Gasteiger charge is 2.57. The van der Waals surface area contributed by atoms with Crippen molar-refractivity contribution in [3.63, 3.8) is 0 Å². The zero-order valence-corrected chi connectivity index (χ0v) is 23.0. The molecule has 5 rings (SSSR count). The molecule has 206 valence electrons. The van der Waals surface area contributed by atoms with Gasteiger partial charge in [-0.15, -0.1) is 0 Å². The lowest BCUT2D eigenvalue weighted by Gasteiger charge is -2.58. The second-order valence-electron chi connectivity index (χ2n) is 12.5. The Morgan fingerprint density at radius 2 is 1.87 bits per heavy atom. The molecular weight excluding hydrogens is 482 g/mol. The van der Waals surface area contributed by atoms with Crippen LogP contribution < -0.4 is 0 Å². The van der Waals surface area contributed by atoms with Crippen molar-refractivity contribution < 1.29 is 28.9 Å². The fourth-order valence-corrected chi connectivity index (χ4v) is 8.31. The summed E-state index contributed by atoms with van der Waals surface area (Å²) in [6.45, 7) is 8.25. The van der Waals surface area contributed by atoms with Crippen LogP contribution in [-0.4, -0.2) is 41.2 Å². The number of hydrogen-bond donors (Lipinski definition) is 1. The van der Waals surface area contributed by atoms with E-state index in [0.29, 0.717) is 17.8 Å². The number of fused-ring (bicyclic) bond motifs is 5. The van der Waals surface area contributed by atoms with E-state index >= 15 is 0 Å². The van der Waals surface area contributed by atoms with E-state index in [1.54, 1.807) is 13.8 Å². The number of carboxylic acid groups (broad SMARTS) is 1. The van der Waals surface area contributed by atoms with Gasteiger partial charge in [-0.2, -0.15) is 0 Å². The molecule has 1 aromatic heterocycles. The molecule has 4 aliphatic carbocycles. The van der Waals surface area contributed by atoms with Gasteiger partial charge in [0.15, 0.2) is 0 Å². The summed E-state index contributed by atoms with van der Waals surface area (Å²) in [4.78, 5) is 27.8. The van der Waals surface area contributed by atoms with Crippen LogP contribution in [0.5, 0.6) is 0 Å². The molecule has 1 N–H and O–H groups in total. The summed E-state index contributed by atoms with van der Waals surface area (Å²) in [5, 5.41) is 9.07. The van der Waals surface area contributed by atoms with Gasteiger partial charge in [-0.1, -0.05) is 37.6 Å². The number of allylic oxidation sites excluding steroid dienone is 4. The molecule has 38 heavy (non-hydrogen) atoms. The number of rotatable bonds is 6. The van der Waals surface area contributed by atoms with Crippen LogP contribution in [0.25, 0.3) is 5.57 Å². The van der Waals surface area contributed by atoms with Crippen LogP contribution in [0.3, 0.4) is 0 Å². The Morgan fingerprint density at radius 3 is 2.58 bits per heavy atom. The molecule has 7 nitrogen and oxygen atoms in total. The van der Waals surface area contributed by atoms with E-state index in [2.05, 4.69) is 37.0 Å². The molecule has 0 spiro atoms. The predicted octanol–water partition coefficient (Wildman–Crippen LogP) is 7.28. The van der Waals surface area contributed by atoms with Gasteiger partial charge >= 0.3 is 12.3 Å². The van der Waals surface area contributed by atoms with E-state index in [1.165, 1.54) is 29.6 Å². The number of carbonyl (C=O) groups is 2. The first kappa shape index (κ1) is 26.8. The molecule has 0 aromatic carbocycles. The van der Waals surface area contributed by atoms with Crippen LogP contribution in [0, 0.1) is 34.5 Å². The number of hydrogen-bond acceptors (Lipinski definition) is 6. The minimum Gasteiger partial charge on any atom is -0.450 e. The van der Waals surface area contributed by atoms with E-state index in [9.17, 15) is 9.59 Å². The smallest absolute Gasteiger partial charge is 0.450 e. The Balaban J connectivity index is 1.33. The highest BCUT2D eigenvalue weighted by molar-refractivity contribution is 5.72. The monoisotopic (exact) mass is 523 g/mol. The summed E-state index contributed by atoms with van der Waals surface area (Å²) in [7, 11) is 0. The standard InChI is InChI=1S/C31H41NO6/c1-19(2)37-29(35)38-27(18-36-28(33)34)20-11-13-30(3)22(16-20)7-8-23-25-10-9-24(21-6-5-15-32-17-21)31(25,4)14-12-26(23)30/h5-7,9,15,17,19-20,23,25-27H,8,10-14,16,18H2,1-4H3,(H,33,34)/t20-,23-,25-,26-,27?,30-,31+/m0/s1. The summed E-state index contributed by atoms with van der Waals surface area (Å²) in [5.41, 5.74) is 4.49. The maximum absolute atomic E-state index is 12.3. The molecule has 7 atom stereocenters. The van der Waals surface area contributed by atoms with Crippen molar-refractivity contribution in [2.24, 2.45) is 34.5 Å². The summed E-state index contributed by atoms with van der Waals surface area (Å²) in [6, 6.07) is 4.23. The average Bonchev–Trinajstić information content (AvgIpc) is 3.23. The largest absolute Gasteiger partial charge is 0.508 e. The van der Waals surface area contributed by atoms with Crippen LogP contribution in [0.2, 0.25) is 0 Å². The van der Waals surface area contributed by atoms with Gasteiger partial charge in [0.2, 0.25) is 0 Å². The van der Waals surface area contributed by atoms with Gasteiger partial charge in [0.1, 0.15) is 12.7 Å². The third-order valence-corrected chi connectivity index (χ3v) is 10.2. The van der Waals surface area contributed by atoms with E-state index in [0.717, 1.165) is 32.1 Å². The van der Waals surface area contributed by atoms with E-state index in [4.69, 9.17) is 19.3 Å².